The van der Waals surface area contributed by atoms with Crippen molar-refractivity contribution >= 4 is 6.72 Å². The van der Waals surface area contributed by atoms with Crippen LogP contribution in [0.15, 0.2) is 29.3 Å². The first kappa shape index (κ1) is 13.4. The number of hydrogen-bond donors (Lipinski definition) is 0. The minimum Gasteiger partial charge on any atom is -0.293 e. The third kappa shape index (κ3) is 3.71. The molecule has 1 nitrogen and oxygen atoms in total. The Morgan fingerprint density at radius 1 is 1.53 bits per heavy atom. The maximum Gasteiger partial charge on any atom is 0.130 e. The molecule has 0 amide bonds. The Kier molecular flexibility index (Phi) is 4.45. The second-order valence-electron chi connectivity index (χ2n) is 4.54. The second kappa shape index (κ2) is 5.63. The predicted octanol–water partition coefficient (Wildman–Crippen LogP) is 4.05. The molecule has 0 saturated heterocycles. The highest BCUT2D eigenvalue weighted by Gasteiger charge is 2.20. The summed E-state index contributed by atoms with van der Waals surface area (Å²) in [4.78, 5) is 4.05. The van der Waals surface area contributed by atoms with Gasteiger partial charge in [-0.2, -0.15) is 0 Å². The van der Waals surface area contributed by atoms with E-state index in [2.05, 4.69) is 17.6 Å². The van der Waals surface area contributed by atoms with Crippen LogP contribution in [0, 0.1) is 12.3 Å². The summed E-state index contributed by atoms with van der Waals surface area (Å²) in [6.45, 7) is 6.66. The van der Waals surface area contributed by atoms with E-state index in [1.165, 1.54) is 0 Å². The summed E-state index contributed by atoms with van der Waals surface area (Å²) in [5.74, 6) is 2.59. The van der Waals surface area contributed by atoms with Crippen LogP contribution >= 0.6 is 0 Å². The number of nitrogens with zero attached hydrogens (tertiary/aromatic N) is 1. The van der Waals surface area contributed by atoms with Crippen molar-refractivity contribution in [2.45, 2.75) is 38.4 Å². The molecule has 1 atom stereocenters. The van der Waals surface area contributed by atoms with Crippen molar-refractivity contribution in [2.24, 2.45) is 4.99 Å². The van der Waals surface area contributed by atoms with E-state index in [9.17, 15) is 4.39 Å². The van der Waals surface area contributed by atoms with E-state index in [0.29, 0.717) is 12.0 Å². The van der Waals surface area contributed by atoms with Crippen molar-refractivity contribution in [3.63, 3.8) is 0 Å². The van der Waals surface area contributed by atoms with E-state index >= 15 is 0 Å². The zero-order valence-electron chi connectivity index (χ0n) is 10.4. The minimum absolute atomic E-state index is 0.0478. The van der Waals surface area contributed by atoms with Gasteiger partial charge in [0.2, 0.25) is 0 Å². The predicted molar refractivity (Wildman–Crippen MR) is 70.9 cm³/mol. The number of aliphatic imine (C=N–C) groups is 1. The van der Waals surface area contributed by atoms with Crippen LogP contribution in [0.1, 0.15) is 43.9 Å². The van der Waals surface area contributed by atoms with E-state index in [1.54, 1.807) is 19.9 Å². The van der Waals surface area contributed by atoms with E-state index in [4.69, 9.17) is 6.42 Å². The Hall–Kier alpha value is -1.62. The van der Waals surface area contributed by atoms with E-state index in [-0.39, 0.29) is 6.04 Å². The van der Waals surface area contributed by atoms with E-state index in [1.807, 2.05) is 18.2 Å². The number of benzene rings is 1. The SMILES string of the molecule is C#CCCC(N=C)c1cccc(C(C)(C)F)c1. The van der Waals surface area contributed by atoms with Crippen LogP contribution in [-0.4, -0.2) is 6.72 Å². The summed E-state index contributed by atoms with van der Waals surface area (Å²) in [5.41, 5.74) is 0.288. The molecule has 17 heavy (non-hydrogen) atoms. The van der Waals surface area contributed by atoms with Crippen molar-refractivity contribution in [1.29, 1.82) is 0 Å². The summed E-state index contributed by atoms with van der Waals surface area (Å²) in [7, 11) is 0. The van der Waals surface area contributed by atoms with Crippen LogP contribution < -0.4 is 0 Å². The number of halogens is 1. The fraction of sp³-hybridized carbons (Fsp3) is 0.400. The molecule has 1 unspecified atom stereocenters. The van der Waals surface area contributed by atoms with Crippen LogP contribution in [0.25, 0.3) is 0 Å². The smallest absolute Gasteiger partial charge is 0.130 e. The highest BCUT2D eigenvalue weighted by atomic mass is 19.1. The molecule has 0 N–H and O–H groups in total. The Balaban J connectivity index is 2.97. The van der Waals surface area contributed by atoms with Crippen molar-refractivity contribution in [2.75, 3.05) is 0 Å². The Morgan fingerprint density at radius 2 is 2.24 bits per heavy atom. The first-order valence-electron chi connectivity index (χ1n) is 5.67. The second-order valence-corrected chi connectivity index (χ2v) is 4.54. The van der Waals surface area contributed by atoms with Crippen molar-refractivity contribution in [3.8, 4) is 12.3 Å². The van der Waals surface area contributed by atoms with Crippen LogP contribution in [-0.2, 0) is 5.67 Å². The summed E-state index contributed by atoms with van der Waals surface area (Å²) in [5, 5.41) is 0. The number of rotatable bonds is 5. The van der Waals surface area contributed by atoms with Gasteiger partial charge in [0.25, 0.3) is 0 Å². The minimum atomic E-state index is -1.34. The van der Waals surface area contributed by atoms with Gasteiger partial charge in [-0.05, 0) is 38.1 Å². The van der Waals surface area contributed by atoms with Gasteiger partial charge in [-0.3, -0.25) is 4.99 Å². The highest BCUT2D eigenvalue weighted by molar-refractivity contribution is 5.33. The summed E-state index contributed by atoms with van der Waals surface area (Å²) >= 11 is 0. The fourth-order valence-corrected chi connectivity index (χ4v) is 1.70. The van der Waals surface area contributed by atoms with Gasteiger partial charge >= 0.3 is 0 Å². The summed E-state index contributed by atoms with van der Waals surface area (Å²) in [6, 6.07) is 7.36. The lowest BCUT2D eigenvalue weighted by Crippen LogP contribution is -2.09. The first-order chi connectivity index (χ1) is 7.99. The molecular formula is C15H18FN. The zero-order chi connectivity index (χ0) is 12.9. The van der Waals surface area contributed by atoms with Crippen LogP contribution in [0.5, 0.6) is 0 Å². The van der Waals surface area contributed by atoms with Gasteiger partial charge in [0.1, 0.15) is 5.67 Å². The quantitative estimate of drug-likeness (QED) is 0.535. The molecule has 90 valence electrons. The lowest BCUT2D eigenvalue weighted by atomic mass is 9.94. The molecule has 1 aromatic rings. The van der Waals surface area contributed by atoms with Gasteiger partial charge in [-0.1, -0.05) is 24.3 Å². The van der Waals surface area contributed by atoms with Crippen LogP contribution in [0.3, 0.4) is 0 Å². The molecule has 0 aliphatic rings. The summed E-state index contributed by atoms with van der Waals surface area (Å²) < 4.78 is 13.8. The molecular weight excluding hydrogens is 213 g/mol. The van der Waals surface area contributed by atoms with Crippen molar-refractivity contribution in [3.05, 3.63) is 35.4 Å². The molecule has 0 aliphatic carbocycles. The Labute approximate surface area is 103 Å². The first-order valence-corrected chi connectivity index (χ1v) is 5.67. The average molecular weight is 231 g/mol. The number of terminal acetylenes is 1. The van der Waals surface area contributed by atoms with Gasteiger partial charge in [0.15, 0.2) is 0 Å². The molecule has 0 saturated carbocycles. The van der Waals surface area contributed by atoms with Crippen molar-refractivity contribution in [1.82, 2.24) is 0 Å². The third-order valence-electron chi connectivity index (χ3n) is 2.74. The monoisotopic (exact) mass is 231 g/mol. The van der Waals surface area contributed by atoms with Gasteiger partial charge in [0, 0.05) is 6.42 Å². The highest BCUT2D eigenvalue weighted by Crippen LogP contribution is 2.29. The van der Waals surface area contributed by atoms with Crippen molar-refractivity contribution < 1.29 is 4.39 Å². The lowest BCUT2D eigenvalue weighted by Gasteiger charge is -2.18. The molecule has 0 fully saturated rings. The molecule has 2 heteroatoms. The number of hydrogen-bond acceptors (Lipinski definition) is 1. The van der Waals surface area contributed by atoms with E-state index < -0.39 is 5.67 Å². The van der Waals surface area contributed by atoms with Gasteiger partial charge in [-0.15, -0.1) is 12.3 Å². The maximum atomic E-state index is 13.8. The summed E-state index contributed by atoms with van der Waals surface area (Å²) in [6.07, 6.45) is 6.63. The Bertz CT molecular complexity index is 423. The molecule has 0 bridgehead atoms. The van der Waals surface area contributed by atoms with Gasteiger partial charge < -0.3 is 0 Å². The fourth-order valence-electron chi connectivity index (χ4n) is 1.70. The zero-order valence-corrected chi connectivity index (χ0v) is 10.4. The maximum absolute atomic E-state index is 13.8. The largest absolute Gasteiger partial charge is 0.293 e. The van der Waals surface area contributed by atoms with E-state index in [0.717, 1.165) is 12.0 Å². The molecule has 1 rings (SSSR count). The normalized spacial score (nSPS) is 12.8. The molecule has 0 heterocycles. The van der Waals surface area contributed by atoms with Crippen LogP contribution in [0.2, 0.25) is 0 Å². The lowest BCUT2D eigenvalue weighted by molar-refractivity contribution is 0.221. The topological polar surface area (TPSA) is 12.4 Å². The third-order valence-corrected chi connectivity index (χ3v) is 2.74. The molecule has 0 radical (unpaired) electrons. The molecule has 0 aromatic heterocycles. The molecule has 0 spiro atoms. The molecule has 1 aromatic carbocycles. The van der Waals surface area contributed by atoms with Crippen LogP contribution in [0.4, 0.5) is 4.39 Å². The molecule has 0 aliphatic heterocycles. The average Bonchev–Trinajstić information content (AvgIpc) is 2.29. The number of alkyl halides is 1. The van der Waals surface area contributed by atoms with Gasteiger partial charge in [-0.25, -0.2) is 4.39 Å². The standard InChI is InChI=1S/C15H18FN/c1-5-6-10-14(17-4)12-8-7-9-13(11-12)15(2,3)16/h1,7-9,11,14H,4,6,10H2,2-3H3. The Morgan fingerprint density at radius 3 is 2.76 bits per heavy atom. The van der Waals surface area contributed by atoms with Gasteiger partial charge in [0.05, 0.1) is 6.04 Å².